The van der Waals surface area contributed by atoms with Gasteiger partial charge in [0.2, 0.25) is 11.9 Å². The number of ether oxygens (including phenoxy) is 1. The third-order valence-corrected chi connectivity index (χ3v) is 5.40. The zero-order valence-corrected chi connectivity index (χ0v) is 15.0. The molecule has 6 nitrogen and oxygen atoms in total. The molecule has 0 radical (unpaired) electrons. The number of aryl methyl sites for hydroxylation is 2. The molecule has 6 heteroatoms. The van der Waals surface area contributed by atoms with Crippen molar-refractivity contribution in [1.82, 2.24) is 14.9 Å². The lowest BCUT2D eigenvalue weighted by Crippen LogP contribution is -2.47. The van der Waals surface area contributed by atoms with Gasteiger partial charge in [0, 0.05) is 37.2 Å². The number of piperidine rings is 1. The lowest BCUT2D eigenvalue weighted by Gasteiger charge is -2.39. The van der Waals surface area contributed by atoms with Crippen molar-refractivity contribution >= 4 is 11.9 Å². The normalized spacial score (nSPS) is 23.2. The number of rotatable bonds is 3. The Balaban J connectivity index is 1.62. The molecule has 1 unspecified atom stereocenters. The Morgan fingerprint density at radius 2 is 1.79 bits per heavy atom. The Morgan fingerprint density at radius 3 is 2.46 bits per heavy atom. The molecule has 132 valence electrons. The molecule has 0 aliphatic carbocycles. The smallest absolute Gasteiger partial charge is 0.231 e. The van der Waals surface area contributed by atoms with Gasteiger partial charge < -0.3 is 4.74 Å². The van der Waals surface area contributed by atoms with Crippen LogP contribution in [0.2, 0.25) is 0 Å². The molecule has 24 heavy (non-hydrogen) atoms. The van der Waals surface area contributed by atoms with E-state index in [0.29, 0.717) is 12.0 Å². The summed E-state index contributed by atoms with van der Waals surface area (Å²) in [4.78, 5) is 23.9. The van der Waals surface area contributed by atoms with E-state index in [-0.39, 0.29) is 11.8 Å². The maximum atomic E-state index is 12.7. The van der Waals surface area contributed by atoms with E-state index in [0.717, 1.165) is 68.9 Å². The van der Waals surface area contributed by atoms with E-state index in [4.69, 9.17) is 4.74 Å². The fourth-order valence-corrected chi connectivity index (χ4v) is 3.64. The third-order valence-electron chi connectivity index (χ3n) is 5.40. The number of aromatic nitrogens is 2. The summed E-state index contributed by atoms with van der Waals surface area (Å²) in [6, 6.07) is 0.564. The quantitative estimate of drug-likeness (QED) is 0.919. The standard InChI is InChI=1S/C18H28N4O2/c1-12-13(2)19-18(20-14(12)3)21-17(23)15-5-4-8-22(11-15)16-6-9-24-10-7-16/h15-16H,4-11H2,1-3H3,(H,19,20,21,23). The summed E-state index contributed by atoms with van der Waals surface area (Å²) in [5.74, 6) is 0.505. The number of amides is 1. The lowest BCUT2D eigenvalue weighted by molar-refractivity contribution is -0.122. The topological polar surface area (TPSA) is 67.4 Å². The number of carbonyl (C=O) groups excluding carboxylic acids is 1. The second-order valence-corrected chi connectivity index (χ2v) is 7.01. The van der Waals surface area contributed by atoms with Crippen molar-refractivity contribution in [2.24, 2.45) is 5.92 Å². The number of likely N-dealkylation sites (tertiary alicyclic amines) is 1. The van der Waals surface area contributed by atoms with Crippen LogP contribution in [0.3, 0.4) is 0 Å². The molecule has 1 N–H and O–H groups in total. The summed E-state index contributed by atoms with van der Waals surface area (Å²) in [5, 5.41) is 2.93. The highest BCUT2D eigenvalue weighted by molar-refractivity contribution is 5.91. The highest BCUT2D eigenvalue weighted by Gasteiger charge is 2.31. The van der Waals surface area contributed by atoms with E-state index in [1.165, 1.54) is 0 Å². The molecular weight excluding hydrogens is 304 g/mol. The first-order chi connectivity index (χ1) is 11.5. The van der Waals surface area contributed by atoms with Crippen molar-refractivity contribution in [3.05, 3.63) is 17.0 Å². The summed E-state index contributed by atoms with van der Waals surface area (Å²) in [6.07, 6.45) is 4.17. The Kier molecular flexibility index (Phi) is 5.46. The fourth-order valence-electron chi connectivity index (χ4n) is 3.64. The lowest BCUT2D eigenvalue weighted by atomic mass is 9.94. The number of nitrogens with zero attached hydrogens (tertiary/aromatic N) is 3. The first-order valence-electron chi connectivity index (χ1n) is 8.99. The van der Waals surface area contributed by atoms with Crippen LogP contribution in [0.4, 0.5) is 5.95 Å². The summed E-state index contributed by atoms with van der Waals surface area (Å²) < 4.78 is 5.45. The van der Waals surface area contributed by atoms with Gasteiger partial charge in [0.25, 0.3) is 0 Å². The largest absolute Gasteiger partial charge is 0.381 e. The average Bonchev–Trinajstić information content (AvgIpc) is 2.60. The molecule has 0 spiro atoms. The second-order valence-electron chi connectivity index (χ2n) is 7.01. The Labute approximate surface area is 144 Å². The Morgan fingerprint density at radius 1 is 1.12 bits per heavy atom. The van der Waals surface area contributed by atoms with Crippen molar-refractivity contribution in [3.8, 4) is 0 Å². The highest BCUT2D eigenvalue weighted by atomic mass is 16.5. The predicted octanol–water partition coefficient (Wildman–Crippen LogP) is 2.23. The molecule has 0 bridgehead atoms. The Hall–Kier alpha value is -1.53. The first-order valence-corrected chi connectivity index (χ1v) is 8.99. The summed E-state index contributed by atoms with van der Waals surface area (Å²) in [5.41, 5.74) is 2.92. The summed E-state index contributed by atoms with van der Waals surface area (Å²) in [6.45, 7) is 9.51. The van der Waals surface area contributed by atoms with Gasteiger partial charge in [-0.25, -0.2) is 9.97 Å². The van der Waals surface area contributed by atoms with Crippen LogP contribution in [0.1, 0.15) is 42.6 Å². The van der Waals surface area contributed by atoms with E-state index in [2.05, 4.69) is 20.2 Å². The zero-order valence-electron chi connectivity index (χ0n) is 15.0. The Bertz CT molecular complexity index is 576. The van der Waals surface area contributed by atoms with Crippen LogP contribution < -0.4 is 5.32 Å². The molecule has 1 atom stereocenters. The highest BCUT2D eigenvalue weighted by Crippen LogP contribution is 2.24. The SMILES string of the molecule is Cc1nc(NC(=O)C2CCCN(C3CCOCC3)C2)nc(C)c1C. The minimum Gasteiger partial charge on any atom is -0.381 e. The number of anilines is 1. The van der Waals surface area contributed by atoms with Crippen molar-refractivity contribution in [2.75, 3.05) is 31.6 Å². The monoisotopic (exact) mass is 332 g/mol. The van der Waals surface area contributed by atoms with Gasteiger partial charge in [0.05, 0.1) is 5.92 Å². The van der Waals surface area contributed by atoms with Crippen molar-refractivity contribution < 1.29 is 9.53 Å². The minimum atomic E-state index is 0.0205. The van der Waals surface area contributed by atoms with Gasteiger partial charge >= 0.3 is 0 Å². The van der Waals surface area contributed by atoms with Crippen LogP contribution in [0, 0.1) is 26.7 Å². The van der Waals surface area contributed by atoms with Gasteiger partial charge in [-0.1, -0.05) is 0 Å². The molecular formula is C18H28N4O2. The zero-order chi connectivity index (χ0) is 17.1. The van der Waals surface area contributed by atoms with Gasteiger partial charge in [0.15, 0.2) is 0 Å². The van der Waals surface area contributed by atoms with E-state index in [1.54, 1.807) is 0 Å². The molecule has 1 aromatic rings. The van der Waals surface area contributed by atoms with Crippen molar-refractivity contribution in [3.63, 3.8) is 0 Å². The molecule has 2 aliphatic heterocycles. The number of nitrogens with one attached hydrogen (secondary N) is 1. The maximum Gasteiger partial charge on any atom is 0.231 e. The van der Waals surface area contributed by atoms with Crippen molar-refractivity contribution in [2.45, 2.75) is 52.5 Å². The molecule has 3 heterocycles. The van der Waals surface area contributed by atoms with E-state index >= 15 is 0 Å². The van der Waals surface area contributed by atoms with Crippen LogP contribution >= 0.6 is 0 Å². The average molecular weight is 332 g/mol. The van der Waals surface area contributed by atoms with Crippen LogP contribution in [0.25, 0.3) is 0 Å². The minimum absolute atomic E-state index is 0.0205. The van der Waals surface area contributed by atoms with Gasteiger partial charge in [-0.15, -0.1) is 0 Å². The first kappa shape index (κ1) is 17.3. The van der Waals surface area contributed by atoms with Gasteiger partial charge in [0.1, 0.15) is 0 Å². The molecule has 3 rings (SSSR count). The van der Waals surface area contributed by atoms with Crippen LogP contribution in [0.5, 0.6) is 0 Å². The summed E-state index contributed by atoms with van der Waals surface area (Å²) >= 11 is 0. The number of hydrogen-bond acceptors (Lipinski definition) is 5. The van der Waals surface area contributed by atoms with E-state index < -0.39 is 0 Å². The summed E-state index contributed by atoms with van der Waals surface area (Å²) in [7, 11) is 0. The molecule has 0 aromatic carbocycles. The third kappa shape index (κ3) is 3.92. The fraction of sp³-hybridized carbons (Fsp3) is 0.722. The van der Waals surface area contributed by atoms with E-state index in [9.17, 15) is 4.79 Å². The van der Waals surface area contributed by atoms with E-state index in [1.807, 2.05) is 20.8 Å². The van der Waals surface area contributed by atoms with Gasteiger partial charge in [-0.3, -0.25) is 15.0 Å². The predicted molar refractivity (Wildman–Crippen MR) is 93.0 cm³/mol. The second kappa shape index (κ2) is 7.57. The van der Waals surface area contributed by atoms with Crippen molar-refractivity contribution in [1.29, 1.82) is 0 Å². The molecule has 2 aliphatic rings. The molecule has 1 amide bonds. The molecule has 0 saturated carbocycles. The van der Waals surface area contributed by atoms with Crippen LogP contribution in [0.15, 0.2) is 0 Å². The van der Waals surface area contributed by atoms with Crippen LogP contribution in [-0.2, 0) is 9.53 Å². The molecule has 1 aromatic heterocycles. The number of hydrogen-bond donors (Lipinski definition) is 1. The molecule has 2 fully saturated rings. The van der Waals surface area contributed by atoms with Gasteiger partial charge in [-0.05, 0) is 58.6 Å². The maximum absolute atomic E-state index is 12.7. The molecule has 2 saturated heterocycles. The van der Waals surface area contributed by atoms with Gasteiger partial charge in [-0.2, -0.15) is 0 Å². The number of carbonyl (C=O) groups is 1. The van der Waals surface area contributed by atoms with Crippen LogP contribution in [-0.4, -0.2) is 53.1 Å².